The van der Waals surface area contributed by atoms with Crippen LogP contribution >= 0.6 is 11.3 Å². The highest BCUT2D eigenvalue weighted by Gasteiger charge is 2.14. The summed E-state index contributed by atoms with van der Waals surface area (Å²) in [6.07, 6.45) is 2.84. The number of carbonyl (C=O) groups is 2. The van der Waals surface area contributed by atoms with Crippen molar-refractivity contribution in [1.82, 2.24) is 4.57 Å². The summed E-state index contributed by atoms with van der Waals surface area (Å²) < 4.78 is 26.3. The molecule has 0 saturated carbocycles. The van der Waals surface area contributed by atoms with Gasteiger partial charge in [-0.15, -0.1) is 6.58 Å². The van der Waals surface area contributed by atoms with E-state index in [0.29, 0.717) is 32.7 Å². The van der Waals surface area contributed by atoms with Crippen LogP contribution < -0.4 is 4.80 Å². The number of benzene rings is 3. The second kappa shape index (κ2) is 9.09. The van der Waals surface area contributed by atoms with Gasteiger partial charge in [0.15, 0.2) is 20.4 Å². The predicted molar refractivity (Wildman–Crippen MR) is 129 cm³/mol. The van der Waals surface area contributed by atoms with Crippen molar-refractivity contribution in [1.29, 1.82) is 0 Å². The van der Waals surface area contributed by atoms with Gasteiger partial charge in [-0.1, -0.05) is 59.9 Å². The quantitative estimate of drug-likeness (QED) is 0.307. The van der Waals surface area contributed by atoms with E-state index in [1.54, 1.807) is 66.7 Å². The third kappa shape index (κ3) is 4.76. The van der Waals surface area contributed by atoms with Crippen LogP contribution in [0.15, 0.2) is 95.3 Å². The lowest BCUT2D eigenvalue weighted by atomic mass is 10.0. The smallest absolute Gasteiger partial charge is 0.279 e. The number of carbonyl (C=O) groups excluding carboxylic acids is 2. The maximum absolute atomic E-state index is 12.8. The van der Waals surface area contributed by atoms with Crippen LogP contribution in [0.4, 0.5) is 0 Å². The molecule has 6 nitrogen and oxygen atoms in total. The second-order valence-electron chi connectivity index (χ2n) is 7.38. The van der Waals surface area contributed by atoms with E-state index < -0.39 is 15.7 Å². The Hall–Kier alpha value is -3.62. The predicted octanol–water partition coefficient (Wildman–Crippen LogP) is 4.26. The van der Waals surface area contributed by atoms with Gasteiger partial charge in [0.25, 0.3) is 5.91 Å². The number of thiazole rings is 1. The summed E-state index contributed by atoms with van der Waals surface area (Å²) in [6.45, 7) is 4.17. The zero-order valence-corrected chi connectivity index (χ0v) is 19.4. The Labute approximate surface area is 195 Å². The topological polar surface area (TPSA) is 85.6 Å². The molecule has 1 amide bonds. The molecule has 4 aromatic rings. The van der Waals surface area contributed by atoms with Crippen LogP contribution in [0.25, 0.3) is 10.2 Å². The molecule has 0 radical (unpaired) electrons. The number of sulfone groups is 1. The summed E-state index contributed by atoms with van der Waals surface area (Å²) in [5.74, 6) is -0.581. The number of nitrogens with zero attached hydrogens (tertiary/aromatic N) is 2. The molecule has 0 aliphatic carbocycles. The van der Waals surface area contributed by atoms with Crippen LogP contribution in [0.2, 0.25) is 0 Å². The van der Waals surface area contributed by atoms with Gasteiger partial charge in [0.2, 0.25) is 0 Å². The first-order valence-electron chi connectivity index (χ1n) is 10.0. The average molecular weight is 477 g/mol. The first kappa shape index (κ1) is 22.6. The molecule has 0 unspecified atom stereocenters. The maximum Gasteiger partial charge on any atom is 0.279 e. The first-order chi connectivity index (χ1) is 15.8. The van der Waals surface area contributed by atoms with E-state index in [1.165, 1.54) is 17.4 Å². The molecule has 0 spiro atoms. The number of fused-ring (bicyclic) bond motifs is 1. The first-order valence-corrected chi connectivity index (χ1v) is 12.7. The standard InChI is InChI=1S/C25H20N2O4S2/c1-3-15-27-21-14-13-20(33(2,30)31)16-22(21)32-25(27)26-24(29)19-11-9-18(10-12-19)23(28)17-7-5-4-6-8-17/h3-14,16H,1,15H2,2H3. The molecule has 0 fully saturated rings. The molecule has 8 heteroatoms. The van der Waals surface area contributed by atoms with Crippen molar-refractivity contribution in [3.05, 3.63) is 107 Å². The second-order valence-corrected chi connectivity index (χ2v) is 10.4. The van der Waals surface area contributed by atoms with Gasteiger partial charge in [-0.05, 0) is 30.3 Å². The molecule has 0 aliphatic heterocycles. The van der Waals surface area contributed by atoms with Crippen molar-refractivity contribution in [2.24, 2.45) is 4.99 Å². The van der Waals surface area contributed by atoms with E-state index in [4.69, 9.17) is 0 Å². The van der Waals surface area contributed by atoms with Gasteiger partial charge in [0.05, 0.1) is 15.1 Å². The summed E-state index contributed by atoms with van der Waals surface area (Å²) in [4.78, 5) is 30.3. The molecule has 0 bridgehead atoms. The summed E-state index contributed by atoms with van der Waals surface area (Å²) >= 11 is 1.23. The Morgan fingerprint density at radius 3 is 2.24 bits per heavy atom. The van der Waals surface area contributed by atoms with Crippen molar-refractivity contribution in [2.45, 2.75) is 11.4 Å². The van der Waals surface area contributed by atoms with E-state index in [9.17, 15) is 18.0 Å². The fourth-order valence-electron chi connectivity index (χ4n) is 3.35. The molecule has 4 rings (SSSR count). The van der Waals surface area contributed by atoms with E-state index in [2.05, 4.69) is 11.6 Å². The Kier molecular flexibility index (Phi) is 6.22. The van der Waals surface area contributed by atoms with Crippen LogP contribution in [0.1, 0.15) is 26.3 Å². The molecule has 0 N–H and O–H groups in total. The third-order valence-corrected chi connectivity index (χ3v) is 7.17. The van der Waals surface area contributed by atoms with Crippen molar-refractivity contribution in [3.8, 4) is 0 Å². The fraction of sp³-hybridized carbons (Fsp3) is 0.0800. The highest BCUT2D eigenvalue weighted by atomic mass is 32.2. The molecule has 1 heterocycles. The monoisotopic (exact) mass is 476 g/mol. The van der Waals surface area contributed by atoms with E-state index >= 15 is 0 Å². The van der Waals surface area contributed by atoms with Crippen molar-refractivity contribution in [2.75, 3.05) is 6.26 Å². The molecule has 0 aliphatic rings. The van der Waals surface area contributed by atoms with Crippen molar-refractivity contribution in [3.63, 3.8) is 0 Å². The number of hydrogen-bond acceptors (Lipinski definition) is 5. The van der Waals surface area contributed by atoms with Crippen LogP contribution in [0, 0.1) is 0 Å². The van der Waals surface area contributed by atoms with E-state index in [0.717, 1.165) is 11.8 Å². The van der Waals surface area contributed by atoms with Crippen LogP contribution in [0.5, 0.6) is 0 Å². The maximum atomic E-state index is 12.8. The summed E-state index contributed by atoms with van der Waals surface area (Å²) in [7, 11) is -3.36. The zero-order valence-electron chi connectivity index (χ0n) is 17.8. The SMILES string of the molecule is C=CCn1c(=NC(=O)c2ccc(C(=O)c3ccccc3)cc2)sc2cc(S(C)(=O)=O)ccc21. The normalized spacial score (nSPS) is 12.1. The fourth-order valence-corrected chi connectivity index (χ4v) is 5.15. The summed E-state index contributed by atoms with van der Waals surface area (Å²) in [5.41, 5.74) is 2.17. The lowest BCUT2D eigenvalue weighted by Gasteiger charge is -2.03. The zero-order chi connectivity index (χ0) is 23.6. The van der Waals surface area contributed by atoms with Gasteiger partial charge in [0.1, 0.15) is 0 Å². The molecule has 0 saturated heterocycles. The molecule has 0 atom stereocenters. The van der Waals surface area contributed by atoms with Gasteiger partial charge >= 0.3 is 0 Å². The summed E-state index contributed by atoms with van der Waals surface area (Å²) in [5, 5.41) is 0. The average Bonchev–Trinajstić information content (AvgIpc) is 3.15. The van der Waals surface area contributed by atoms with Crippen molar-refractivity contribution < 1.29 is 18.0 Å². The van der Waals surface area contributed by atoms with E-state index in [-0.39, 0.29) is 10.7 Å². The largest absolute Gasteiger partial charge is 0.312 e. The van der Waals surface area contributed by atoms with Gasteiger partial charge < -0.3 is 4.57 Å². The van der Waals surface area contributed by atoms with Crippen LogP contribution in [-0.2, 0) is 16.4 Å². The highest BCUT2D eigenvalue weighted by Crippen LogP contribution is 2.22. The Morgan fingerprint density at radius 2 is 1.61 bits per heavy atom. The van der Waals surface area contributed by atoms with Crippen LogP contribution in [-0.4, -0.2) is 30.9 Å². The van der Waals surface area contributed by atoms with Gasteiger partial charge in [0, 0.05) is 29.5 Å². The lowest BCUT2D eigenvalue weighted by molar-refractivity contribution is 0.0994. The molecule has 1 aromatic heterocycles. The number of amides is 1. The van der Waals surface area contributed by atoms with Gasteiger partial charge in [-0.2, -0.15) is 4.99 Å². The minimum Gasteiger partial charge on any atom is -0.312 e. The van der Waals surface area contributed by atoms with Gasteiger partial charge in [-0.3, -0.25) is 9.59 Å². The van der Waals surface area contributed by atoms with Gasteiger partial charge in [-0.25, -0.2) is 8.42 Å². The minimum atomic E-state index is -3.36. The molecular weight excluding hydrogens is 456 g/mol. The summed E-state index contributed by atoms with van der Waals surface area (Å²) in [6, 6.07) is 20.1. The molecule has 33 heavy (non-hydrogen) atoms. The Bertz CT molecular complexity index is 1550. The number of allylic oxidation sites excluding steroid dienone is 1. The molecule has 166 valence electrons. The van der Waals surface area contributed by atoms with E-state index in [1.807, 2.05) is 10.6 Å². The third-order valence-electron chi connectivity index (χ3n) is 5.02. The van der Waals surface area contributed by atoms with Crippen molar-refractivity contribution >= 4 is 43.1 Å². The molecular formula is C25H20N2O4S2. The Balaban J connectivity index is 1.70. The molecule has 3 aromatic carbocycles. The number of hydrogen-bond donors (Lipinski definition) is 0. The minimum absolute atomic E-state index is 0.124. The highest BCUT2D eigenvalue weighted by molar-refractivity contribution is 7.90. The number of aromatic nitrogens is 1. The number of rotatable bonds is 6. The van der Waals surface area contributed by atoms with Crippen LogP contribution in [0.3, 0.4) is 0 Å². The Morgan fingerprint density at radius 1 is 0.970 bits per heavy atom. The lowest BCUT2D eigenvalue weighted by Crippen LogP contribution is -2.16. The number of ketones is 1.